The van der Waals surface area contributed by atoms with Crippen LogP contribution < -0.4 is 28.4 Å². The number of azo groups is 2. The monoisotopic (exact) mass is 604 g/mol. The summed E-state index contributed by atoms with van der Waals surface area (Å²) >= 11 is 0. The summed E-state index contributed by atoms with van der Waals surface area (Å²) < 4.78 is 31.0. The van der Waals surface area contributed by atoms with Crippen molar-refractivity contribution < 1.29 is 38.6 Å². The van der Waals surface area contributed by atoms with Gasteiger partial charge < -0.3 is 38.6 Å². The number of hydrogen-bond donors (Lipinski definition) is 2. The average Bonchev–Trinajstić information content (AvgIpc) is 3.04. The van der Waals surface area contributed by atoms with Gasteiger partial charge in [0.1, 0.15) is 5.75 Å². The highest BCUT2D eigenvalue weighted by Gasteiger charge is 2.13. The summed E-state index contributed by atoms with van der Waals surface area (Å²) in [7, 11) is 9.19. The van der Waals surface area contributed by atoms with Crippen molar-refractivity contribution in [2.75, 3.05) is 42.7 Å². The lowest BCUT2D eigenvalue weighted by molar-refractivity contribution is 0.324. The van der Waals surface area contributed by atoms with E-state index in [-0.39, 0.29) is 11.5 Å². The lowest BCUT2D eigenvalue weighted by Gasteiger charge is -2.12. The average molecular weight is 605 g/mol. The largest absolute Gasteiger partial charge is 0.504 e. The van der Waals surface area contributed by atoms with Crippen molar-refractivity contribution in [2.45, 2.75) is 13.8 Å². The van der Waals surface area contributed by atoms with Crippen LogP contribution in [0.2, 0.25) is 0 Å². The Morgan fingerprint density at radius 3 is 1.20 bits per heavy atom. The van der Waals surface area contributed by atoms with Crippen LogP contribution in [-0.2, 0) is 0 Å². The number of aromatic hydroxyl groups is 2. The fourth-order valence-corrected chi connectivity index (χ4v) is 3.92. The van der Waals surface area contributed by atoms with E-state index in [1.54, 1.807) is 43.5 Å². The van der Waals surface area contributed by atoms with E-state index in [2.05, 4.69) is 20.5 Å². The summed E-state index contributed by atoms with van der Waals surface area (Å²) in [4.78, 5) is 0. The fourth-order valence-electron chi connectivity index (χ4n) is 3.92. The minimum absolute atomic E-state index is 0.00570. The van der Waals surface area contributed by atoms with Gasteiger partial charge in [-0.2, -0.15) is 20.5 Å². The molecule has 0 spiro atoms. The van der Waals surface area contributed by atoms with Gasteiger partial charge in [0.15, 0.2) is 34.5 Å². The molecule has 232 valence electrons. The Hall–Kier alpha value is -5.52. The van der Waals surface area contributed by atoms with E-state index in [4.69, 9.17) is 28.4 Å². The van der Waals surface area contributed by atoms with Crippen LogP contribution in [0.3, 0.4) is 0 Å². The van der Waals surface area contributed by atoms with Gasteiger partial charge >= 0.3 is 0 Å². The van der Waals surface area contributed by atoms with Gasteiger partial charge in [0.25, 0.3) is 0 Å². The second-order valence-electron chi connectivity index (χ2n) is 9.09. The van der Waals surface area contributed by atoms with E-state index in [9.17, 15) is 10.2 Å². The topological polar surface area (TPSA) is 145 Å². The molecule has 12 heteroatoms. The molecule has 0 aliphatic rings. The molecule has 2 N–H and O–H groups in total. The van der Waals surface area contributed by atoms with Gasteiger partial charge in [-0.3, -0.25) is 0 Å². The van der Waals surface area contributed by atoms with E-state index in [0.717, 1.165) is 16.9 Å². The number of rotatable bonds is 10. The molecule has 0 aliphatic carbocycles. The number of hydrogen-bond acceptors (Lipinski definition) is 12. The van der Waals surface area contributed by atoms with Gasteiger partial charge in [0, 0.05) is 30.3 Å². The summed E-state index contributed by atoms with van der Waals surface area (Å²) in [5.41, 5.74) is 4.42. The van der Waals surface area contributed by atoms with E-state index in [0.29, 0.717) is 51.5 Å². The van der Waals surface area contributed by atoms with Gasteiger partial charge in [-0.05, 0) is 55.3 Å². The number of ether oxygens (including phenoxy) is 6. The molecule has 0 amide bonds. The molecule has 0 saturated heterocycles. The molecule has 0 aliphatic heterocycles. The first-order valence-corrected chi connectivity index (χ1v) is 13.2. The molecule has 0 saturated carbocycles. The maximum atomic E-state index is 9.74. The van der Waals surface area contributed by atoms with E-state index in [1.165, 1.54) is 47.7 Å². The van der Waals surface area contributed by atoms with Crippen molar-refractivity contribution >= 4 is 22.7 Å². The number of phenols is 2. The molecule has 0 radical (unpaired) electrons. The third kappa shape index (κ3) is 8.28. The molecule has 0 unspecified atom stereocenters. The van der Waals surface area contributed by atoms with Crippen LogP contribution >= 0.6 is 0 Å². The second kappa shape index (κ2) is 15.6. The summed E-state index contributed by atoms with van der Waals surface area (Å²) in [5, 5.41) is 35.9. The first-order valence-electron chi connectivity index (χ1n) is 13.2. The Balaban J connectivity index is 0.000000241. The smallest absolute Gasteiger partial charge is 0.203 e. The maximum absolute atomic E-state index is 9.74. The van der Waals surface area contributed by atoms with Gasteiger partial charge in [0.05, 0.1) is 65.4 Å². The van der Waals surface area contributed by atoms with Crippen molar-refractivity contribution in [3.63, 3.8) is 0 Å². The molecule has 0 atom stereocenters. The number of benzene rings is 4. The zero-order chi connectivity index (χ0) is 32.2. The Bertz CT molecular complexity index is 1610. The molecule has 4 aromatic rings. The highest BCUT2D eigenvalue weighted by Crippen LogP contribution is 2.41. The quantitative estimate of drug-likeness (QED) is 0.172. The van der Waals surface area contributed by atoms with Crippen LogP contribution in [0.4, 0.5) is 22.7 Å². The zero-order valence-electron chi connectivity index (χ0n) is 25.9. The summed E-state index contributed by atoms with van der Waals surface area (Å²) in [5.74, 6) is 3.04. The SMILES string of the molecule is COc1ccc(N=Nc2cc(C)c(C)c(OC)c2)cc1O.COc1ccc(N=Nc2cc(OC)c(OC)c(OC)c2)cc1O. The Morgan fingerprint density at radius 2 is 0.818 bits per heavy atom. The number of methoxy groups -OCH3 is 6. The highest BCUT2D eigenvalue weighted by molar-refractivity contribution is 5.60. The molecule has 4 rings (SSSR count). The van der Waals surface area contributed by atoms with Crippen LogP contribution in [0.15, 0.2) is 81.1 Å². The summed E-state index contributed by atoms with van der Waals surface area (Å²) in [6.45, 7) is 3.99. The first-order chi connectivity index (χ1) is 21.2. The Kier molecular flexibility index (Phi) is 11.7. The third-order valence-electron chi connectivity index (χ3n) is 6.36. The molecule has 0 fully saturated rings. The van der Waals surface area contributed by atoms with Crippen LogP contribution in [-0.4, -0.2) is 52.9 Å². The molecular formula is C32H36N4O8. The molecule has 4 aromatic carbocycles. The van der Waals surface area contributed by atoms with E-state index in [1.807, 2.05) is 26.0 Å². The molecule has 44 heavy (non-hydrogen) atoms. The number of phenolic OH excluding ortho intramolecular Hbond substituents is 2. The molecule has 0 bridgehead atoms. The predicted octanol–water partition coefficient (Wildman–Crippen LogP) is 8.28. The van der Waals surface area contributed by atoms with Gasteiger partial charge in [-0.1, -0.05) is 0 Å². The molecular weight excluding hydrogens is 568 g/mol. The number of aryl methyl sites for hydroxylation is 1. The van der Waals surface area contributed by atoms with Gasteiger partial charge in [-0.15, -0.1) is 0 Å². The van der Waals surface area contributed by atoms with Crippen molar-refractivity contribution in [3.05, 3.63) is 71.8 Å². The van der Waals surface area contributed by atoms with Crippen molar-refractivity contribution in [1.29, 1.82) is 0 Å². The van der Waals surface area contributed by atoms with E-state index >= 15 is 0 Å². The van der Waals surface area contributed by atoms with Crippen molar-refractivity contribution in [3.8, 4) is 46.0 Å². The highest BCUT2D eigenvalue weighted by atomic mass is 16.5. The van der Waals surface area contributed by atoms with Gasteiger partial charge in [-0.25, -0.2) is 0 Å². The Labute approximate surface area is 256 Å². The predicted molar refractivity (Wildman–Crippen MR) is 166 cm³/mol. The minimum Gasteiger partial charge on any atom is -0.504 e. The first kappa shape index (κ1) is 33.0. The van der Waals surface area contributed by atoms with Crippen molar-refractivity contribution in [1.82, 2.24) is 0 Å². The normalized spacial score (nSPS) is 10.7. The van der Waals surface area contributed by atoms with Crippen molar-refractivity contribution in [2.24, 2.45) is 20.5 Å². The van der Waals surface area contributed by atoms with E-state index < -0.39 is 0 Å². The standard InChI is InChI=1S/C16H18N2O5.C16H18N2O3/c1-20-13-6-5-10(7-12(13)19)17-18-11-8-14(21-2)16(23-4)15(9-11)22-3;1-10-7-13(9-16(21-4)11(10)2)18-17-12-5-6-15(20-3)14(19)8-12/h5-9,19H,1-4H3;5-9,19H,1-4H3. The van der Waals surface area contributed by atoms with Gasteiger partial charge in [0.2, 0.25) is 5.75 Å². The fraction of sp³-hybridized carbons (Fsp3) is 0.250. The van der Waals surface area contributed by atoms with Crippen LogP contribution in [0.25, 0.3) is 0 Å². The van der Waals surface area contributed by atoms with Crippen LogP contribution in [0.1, 0.15) is 11.1 Å². The third-order valence-corrected chi connectivity index (χ3v) is 6.36. The lowest BCUT2D eigenvalue weighted by Crippen LogP contribution is -1.94. The molecule has 12 nitrogen and oxygen atoms in total. The summed E-state index contributed by atoms with van der Waals surface area (Å²) in [6.07, 6.45) is 0. The number of nitrogens with zero attached hydrogens (tertiary/aromatic N) is 4. The van der Waals surface area contributed by atoms with Crippen LogP contribution in [0, 0.1) is 13.8 Å². The zero-order valence-corrected chi connectivity index (χ0v) is 25.9. The Morgan fingerprint density at radius 1 is 0.432 bits per heavy atom. The second-order valence-corrected chi connectivity index (χ2v) is 9.09. The lowest BCUT2D eigenvalue weighted by atomic mass is 10.1. The maximum Gasteiger partial charge on any atom is 0.203 e. The van der Waals surface area contributed by atoms with Crippen LogP contribution in [0.5, 0.6) is 46.0 Å². The minimum atomic E-state index is -0.00570. The molecule has 0 aromatic heterocycles. The summed E-state index contributed by atoms with van der Waals surface area (Å²) in [6, 6.07) is 16.7. The molecule has 0 heterocycles.